The number of rotatable bonds is 4. The van der Waals surface area contributed by atoms with Crippen molar-refractivity contribution in [1.82, 2.24) is 9.71 Å². The summed E-state index contributed by atoms with van der Waals surface area (Å²) in [5, 5.41) is -0.0727. The summed E-state index contributed by atoms with van der Waals surface area (Å²) in [5.74, 6) is 0. The Bertz CT molecular complexity index is 548. The topological polar surface area (TPSA) is 77.5 Å². The Hall–Kier alpha value is -0.250. The van der Waals surface area contributed by atoms with Gasteiger partial charge in [0.05, 0.1) is 25.9 Å². The number of halogens is 2. The van der Waals surface area contributed by atoms with Crippen molar-refractivity contribution < 1.29 is 17.9 Å². The molecule has 19 heavy (non-hydrogen) atoms. The normalized spacial score (nSPS) is 20.4. The molecule has 106 valence electrons. The van der Waals surface area contributed by atoms with E-state index in [-0.39, 0.29) is 22.7 Å². The van der Waals surface area contributed by atoms with Gasteiger partial charge in [-0.05, 0) is 22.0 Å². The van der Waals surface area contributed by atoms with Crippen LogP contribution in [0.1, 0.15) is 0 Å². The number of pyridine rings is 1. The maximum atomic E-state index is 12.1. The van der Waals surface area contributed by atoms with Crippen molar-refractivity contribution in [3.05, 3.63) is 21.9 Å². The highest BCUT2D eigenvalue weighted by Crippen LogP contribution is 2.22. The van der Waals surface area contributed by atoms with Crippen molar-refractivity contribution >= 4 is 37.6 Å². The molecule has 0 amide bonds. The first-order valence-electron chi connectivity index (χ1n) is 5.49. The van der Waals surface area contributed by atoms with Crippen LogP contribution in [0.25, 0.3) is 0 Å². The highest BCUT2D eigenvalue weighted by molar-refractivity contribution is 9.10. The maximum Gasteiger partial charge on any atom is 0.243 e. The van der Waals surface area contributed by atoms with Gasteiger partial charge in [-0.3, -0.25) is 0 Å². The molecular formula is C10H12BrClN2O4S. The van der Waals surface area contributed by atoms with E-state index in [1.807, 2.05) is 0 Å². The Kier molecular flexibility index (Phi) is 5.15. The van der Waals surface area contributed by atoms with Gasteiger partial charge in [-0.2, -0.15) is 0 Å². The molecule has 0 aliphatic carbocycles. The zero-order chi connectivity index (χ0) is 13.9. The second-order valence-electron chi connectivity index (χ2n) is 3.86. The van der Waals surface area contributed by atoms with Crippen LogP contribution in [-0.2, 0) is 19.5 Å². The van der Waals surface area contributed by atoms with Gasteiger partial charge in [0, 0.05) is 17.2 Å². The molecule has 1 aromatic rings. The minimum Gasteiger partial charge on any atom is -0.376 e. The summed E-state index contributed by atoms with van der Waals surface area (Å²) < 4.78 is 37.7. The molecule has 1 saturated heterocycles. The Balaban J connectivity index is 2.07. The van der Waals surface area contributed by atoms with Gasteiger partial charge in [-0.25, -0.2) is 18.1 Å². The molecule has 2 heterocycles. The van der Waals surface area contributed by atoms with E-state index in [2.05, 4.69) is 25.6 Å². The highest BCUT2D eigenvalue weighted by atomic mass is 79.9. The molecule has 1 N–H and O–H groups in total. The second-order valence-corrected chi connectivity index (χ2v) is 6.87. The monoisotopic (exact) mass is 370 g/mol. The third-order valence-electron chi connectivity index (χ3n) is 2.45. The number of aromatic nitrogens is 1. The maximum absolute atomic E-state index is 12.1. The van der Waals surface area contributed by atoms with Crippen molar-refractivity contribution in [1.29, 1.82) is 0 Å². The first-order chi connectivity index (χ1) is 8.99. The molecule has 0 radical (unpaired) electrons. The summed E-state index contributed by atoms with van der Waals surface area (Å²) in [4.78, 5) is 3.71. The van der Waals surface area contributed by atoms with Crippen LogP contribution in [0.5, 0.6) is 0 Å². The summed E-state index contributed by atoms with van der Waals surface area (Å²) >= 11 is 8.95. The van der Waals surface area contributed by atoms with Gasteiger partial charge in [-0.15, -0.1) is 0 Å². The molecule has 2 rings (SSSR count). The van der Waals surface area contributed by atoms with Gasteiger partial charge in [0.1, 0.15) is 10.0 Å². The van der Waals surface area contributed by atoms with E-state index in [0.29, 0.717) is 24.3 Å². The number of nitrogens with zero attached hydrogens (tertiary/aromatic N) is 1. The first kappa shape index (κ1) is 15.1. The SMILES string of the molecule is O=S(=O)(NCC1COCCO1)c1cc(Br)cnc1Cl. The van der Waals surface area contributed by atoms with Crippen molar-refractivity contribution in [3.63, 3.8) is 0 Å². The summed E-state index contributed by atoms with van der Waals surface area (Å²) in [6, 6.07) is 1.40. The average Bonchev–Trinajstić information content (AvgIpc) is 2.40. The summed E-state index contributed by atoms with van der Waals surface area (Å²) in [7, 11) is -3.72. The fourth-order valence-corrected chi connectivity index (χ4v) is 3.54. The fraction of sp³-hybridized carbons (Fsp3) is 0.500. The fourth-order valence-electron chi connectivity index (χ4n) is 1.53. The molecule has 1 fully saturated rings. The summed E-state index contributed by atoms with van der Waals surface area (Å²) in [5.41, 5.74) is 0. The molecule has 0 bridgehead atoms. The lowest BCUT2D eigenvalue weighted by Crippen LogP contribution is -2.39. The first-order valence-corrected chi connectivity index (χ1v) is 8.14. The third kappa shape index (κ3) is 4.11. The van der Waals surface area contributed by atoms with Crippen molar-refractivity contribution in [2.45, 2.75) is 11.0 Å². The molecule has 1 aliphatic heterocycles. The number of ether oxygens (including phenoxy) is 2. The number of sulfonamides is 1. The molecule has 1 atom stereocenters. The molecule has 1 aliphatic rings. The van der Waals surface area contributed by atoms with E-state index < -0.39 is 10.0 Å². The quantitative estimate of drug-likeness (QED) is 0.805. The van der Waals surface area contributed by atoms with Crippen molar-refractivity contribution in [2.75, 3.05) is 26.4 Å². The van der Waals surface area contributed by atoms with Crippen LogP contribution in [0.2, 0.25) is 5.15 Å². The van der Waals surface area contributed by atoms with Crippen LogP contribution < -0.4 is 4.72 Å². The Morgan fingerprint density at radius 2 is 2.32 bits per heavy atom. The molecule has 1 unspecified atom stereocenters. The predicted molar refractivity (Wildman–Crippen MR) is 72.7 cm³/mol. The minimum atomic E-state index is -3.72. The minimum absolute atomic E-state index is 0.0692. The van der Waals surface area contributed by atoms with Crippen LogP contribution in [-0.4, -0.2) is 45.9 Å². The lowest BCUT2D eigenvalue weighted by Gasteiger charge is -2.23. The number of hydrogen-bond acceptors (Lipinski definition) is 5. The Labute approximate surface area is 124 Å². The van der Waals surface area contributed by atoms with Gasteiger partial charge in [0.15, 0.2) is 0 Å². The second kappa shape index (κ2) is 6.47. The zero-order valence-corrected chi connectivity index (χ0v) is 13.0. The zero-order valence-electron chi connectivity index (χ0n) is 9.80. The van der Waals surface area contributed by atoms with Crippen LogP contribution >= 0.6 is 27.5 Å². The van der Waals surface area contributed by atoms with Crippen LogP contribution in [0.15, 0.2) is 21.6 Å². The molecular weight excluding hydrogens is 360 g/mol. The van der Waals surface area contributed by atoms with Gasteiger partial charge in [0.2, 0.25) is 10.0 Å². The van der Waals surface area contributed by atoms with Gasteiger partial charge >= 0.3 is 0 Å². The number of hydrogen-bond donors (Lipinski definition) is 1. The molecule has 6 nitrogen and oxygen atoms in total. The molecule has 1 aromatic heterocycles. The van der Waals surface area contributed by atoms with E-state index >= 15 is 0 Å². The summed E-state index contributed by atoms with van der Waals surface area (Å²) in [6.45, 7) is 1.49. The highest BCUT2D eigenvalue weighted by Gasteiger charge is 2.22. The van der Waals surface area contributed by atoms with Gasteiger partial charge in [-0.1, -0.05) is 11.6 Å². The smallest absolute Gasteiger partial charge is 0.243 e. The van der Waals surface area contributed by atoms with Crippen molar-refractivity contribution in [2.24, 2.45) is 0 Å². The largest absolute Gasteiger partial charge is 0.376 e. The van der Waals surface area contributed by atoms with E-state index in [1.165, 1.54) is 12.3 Å². The molecule has 0 aromatic carbocycles. The third-order valence-corrected chi connectivity index (χ3v) is 4.73. The van der Waals surface area contributed by atoms with E-state index in [0.717, 1.165) is 0 Å². The van der Waals surface area contributed by atoms with Gasteiger partial charge < -0.3 is 9.47 Å². The molecule has 0 spiro atoms. The molecule has 0 saturated carbocycles. The Morgan fingerprint density at radius 3 is 3.00 bits per heavy atom. The summed E-state index contributed by atoms with van der Waals surface area (Å²) in [6.07, 6.45) is 1.14. The van der Waals surface area contributed by atoms with Gasteiger partial charge in [0.25, 0.3) is 0 Å². The van der Waals surface area contributed by atoms with Crippen LogP contribution in [0, 0.1) is 0 Å². The lowest BCUT2D eigenvalue weighted by atomic mass is 10.3. The standard InChI is InChI=1S/C10H12BrClN2O4S/c11-7-3-9(10(12)13-4-7)19(15,16)14-5-8-6-17-1-2-18-8/h3-4,8,14H,1-2,5-6H2. The van der Waals surface area contributed by atoms with Crippen LogP contribution in [0.4, 0.5) is 0 Å². The number of nitrogens with one attached hydrogen (secondary N) is 1. The van der Waals surface area contributed by atoms with E-state index in [1.54, 1.807) is 0 Å². The van der Waals surface area contributed by atoms with E-state index in [4.69, 9.17) is 21.1 Å². The van der Waals surface area contributed by atoms with E-state index in [9.17, 15) is 8.42 Å². The average molecular weight is 372 g/mol. The van der Waals surface area contributed by atoms with Crippen LogP contribution in [0.3, 0.4) is 0 Å². The molecule has 9 heteroatoms. The Morgan fingerprint density at radius 1 is 1.53 bits per heavy atom. The lowest BCUT2D eigenvalue weighted by molar-refractivity contribution is -0.0846. The predicted octanol–water partition coefficient (Wildman–Crippen LogP) is 1.19. The van der Waals surface area contributed by atoms with Crippen molar-refractivity contribution in [3.8, 4) is 0 Å².